The molecule has 1 aromatic carbocycles. The average molecular weight is 255 g/mol. The predicted molar refractivity (Wildman–Crippen MR) is 71.7 cm³/mol. The number of benzene rings is 1. The summed E-state index contributed by atoms with van der Waals surface area (Å²) in [4.78, 5) is 0. The van der Waals surface area contributed by atoms with Crippen molar-refractivity contribution < 1.29 is 4.74 Å². The molecule has 1 aromatic heterocycles. The first-order valence-corrected chi connectivity index (χ1v) is 6.91. The zero-order chi connectivity index (χ0) is 11.2. The van der Waals surface area contributed by atoms with Crippen LogP contribution in [0.15, 0.2) is 29.6 Å². The van der Waals surface area contributed by atoms with E-state index in [2.05, 4.69) is 29.6 Å². The molecule has 0 aliphatic rings. The third kappa shape index (κ3) is 3.21. The van der Waals surface area contributed by atoms with Crippen LogP contribution >= 0.6 is 22.9 Å². The predicted octanol–water partition coefficient (Wildman–Crippen LogP) is 4.09. The first-order chi connectivity index (χ1) is 7.90. The van der Waals surface area contributed by atoms with Gasteiger partial charge in [0.25, 0.3) is 0 Å². The Balaban J connectivity index is 1.84. The monoisotopic (exact) mass is 254 g/mol. The smallest absolute Gasteiger partial charge is 0.0506 e. The highest BCUT2D eigenvalue weighted by molar-refractivity contribution is 7.17. The zero-order valence-corrected chi connectivity index (χ0v) is 10.7. The lowest BCUT2D eigenvalue weighted by Gasteiger charge is -2.03. The van der Waals surface area contributed by atoms with Crippen molar-refractivity contribution in [1.82, 2.24) is 0 Å². The van der Waals surface area contributed by atoms with Crippen molar-refractivity contribution in [1.29, 1.82) is 0 Å². The minimum absolute atomic E-state index is 0.681. The molecule has 0 fully saturated rings. The van der Waals surface area contributed by atoms with Crippen LogP contribution in [-0.2, 0) is 11.2 Å². The Bertz CT molecular complexity index is 438. The Kier molecular flexibility index (Phi) is 4.64. The van der Waals surface area contributed by atoms with Crippen LogP contribution in [0, 0.1) is 0 Å². The van der Waals surface area contributed by atoms with Crippen LogP contribution in [0.25, 0.3) is 10.1 Å². The number of halogens is 1. The molecule has 1 heterocycles. The van der Waals surface area contributed by atoms with Crippen LogP contribution in [0.3, 0.4) is 0 Å². The van der Waals surface area contributed by atoms with Crippen LogP contribution in [0.1, 0.15) is 12.0 Å². The molecule has 2 aromatic rings. The Hall–Kier alpha value is -0.570. The fourth-order valence-electron chi connectivity index (χ4n) is 1.62. The minimum Gasteiger partial charge on any atom is -0.381 e. The normalized spacial score (nSPS) is 11.1. The van der Waals surface area contributed by atoms with E-state index in [0.717, 1.165) is 26.1 Å². The number of thiophene rings is 1. The summed E-state index contributed by atoms with van der Waals surface area (Å²) in [6.07, 6.45) is 1.92. The molecule has 1 nitrogen and oxygen atoms in total. The van der Waals surface area contributed by atoms with Gasteiger partial charge in [-0.05, 0) is 41.3 Å². The summed E-state index contributed by atoms with van der Waals surface area (Å²) in [5, 5.41) is 3.47. The van der Waals surface area contributed by atoms with Crippen molar-refractivity contribution in [2.24, 2.45) is 0 Å². The number of rotatable bonds is 6. The van der Waals surface area contributed by atoms with Gasteiger partial charge < -0.3 is 4.74 Å². The molecule has 86 valence electrons. The molecule has 2 rings (SSSR count). The molecule has 0 aliphatic heterocycles. The van der Waals surface area contributed by atoms with Gasteiger partial charge in [0.15, 0.2) is 0 Å². The molecular weight excluding hydrogens is 240 g/mol. The van der Waals surface area contributed by atoms with E-state index in [1.807, 2.05) is 0 Å². The van der Waals surface area contributed by atoms with Crippen LogP contribution in [0.2, 0.25) is 0 Å². The quantitative estimate of drug-likeness (QED) is 0.557. The van der Waals surface area contributed by atoms with Crippen molar-refractivity contribution in [2.45, 2.75) is 12.8 Å². The summed E-state index contributed by atoms with van der Waals surface area (Å²) in [7, 11) is 0. The van der Waals surface area contributed by atoms with Gasteiger partial charge in [0.05, 0.1) is 6.61 Å². The van der Waals surface area contributed by atoms with E-state index >= 15 is 0 Å². The molecular formula is C13H15ClOS. The molecule has 0 atom stereocenters. The van der Waals surface area contributed by atoms with Gasteiger partial charge >= 0.3 is 0 Å². The third-order valence-corrected chi connectivity index (χ3v) is 3.64. The minimum atomic E-state index is 0.681. The first kappa shape index (κ1) is 11.9. The van der Waals surface area contributed by atoms with Gasteiger partial charge in [0, 0.05) is 17.2 Å². The van der Waals surface area contributed by atoms with Gasteiger partial charge in [-0.3, -0.25) is 0 Å². The fourth-order valence-corrected chi connectivity index (χ4v) is 2.50. The summed E-state index contributed by atoms with van der Waals surface area (Å²) in [5.74, 6) is 0.681. The third-order valence-electron chi connectivity index (χ3n) is 2.47. The standard InChI is InChI=1S/C13H15ClOS/c14-6-1-7-15-8-4-11-2-3-13-12(10-11)5-9-16-13/h2-3,5,9-10H,1,4,6-8H2. The molecule has 0 radical (unpaired) electrons. The Morgan fingerprint density at radius 3 is 3.00 bits per heavy atom. The highest BCUT2D eigenvalue weighted by atomic mass is 35.5. The van der Waals surface area contributed by atoms with Crippen LogP contribution in [0.5, 0.6) is 0 Å². The van der Waals surface area contributed by atoms with Crippen molar-refractivity contribution in [3.05, 3.63) is 35.2 Å². The molecule has 0 amide bonds. The maximum Gasteiger partial charge on any atom is 0.0506 e. The maximum absolute atomic E-state index is 5.57. The van der Waals surface area contributed by atoms with Gasteiger partial charge in [-0.25, -0.2) is 0 Å². The Morgan fingerprint density at radius 1 is 1.19 bits per heavy atom. The second-order valence-electron chi connectivity index (χ2n) is 3.70. The summed E-state index contributed by atoms with van der Waals surface area (Å²) >= 11 is 7.36. The van der Waals surface area contributed by atoms with Gasteiger partial charge in [0.2, 0.25) is 0 Å². The van der Waals surface area contributed by atoms with Crippen LogP contribution < -0.4 is 0 Å². The van der Waals surface area contributed by atoms with Crippen molar-refractivity contribution in [3.8, 4) is 0 Å². The Morgan fingerprint density at radius 2 is 2.12 bits per heavy atom. The van der Waals surface area contributed by atoms with Gasteiger partial charge in [0.1, 0.15) is 0 Å². The van der Waals surface area contributed by atoms with Crippen molar-refractivity contribution >= 4 is 33.0 Å². The van der Waals surface area contributed by atoms with Gasteiger partial charge in [-0.15, -0.1) is 22.9 Å². The lowest BCUT2D eigenvalue weighted by atomic mass is 10.1. The summed E-state index contributed by atoms with van der Waals surface area (Å²) in [5.41, 5.74) is 1.34. The highest BCUT2D eigenvalue weighted by Gasteiger charge is 1.97. The second-order valence-corrected chi connectivity index (χ2v) is 5.02. The molecule has 16 heavy (non-hydrogen) atoms. The highest BCUT2D eigenvalue weighted by Crippen LogP contribution is 2.21. The molecule has 3 heteroatoms. The molecule has 0 aliphatic carbocycles. The number of alkyl halides is 1. The van der Waals surface area contributed by atoms with E-state index < -0.39 is 0 Å². The number of hydrogen-bond donors (Lipinski definition) is 0. The lowest BCUT2D eigenvalue weighted by molar-refractivity contribution is 0.138. The van der Waals surface area contributed by atoms with Crippen molar-refractivity contribution in [3.63, 3.8) is 0 Å². The number of fused-ring (bicyclic) bond motifs is 1. The molecule has 0 saturated carbocycles. The van der Waals surface area contributed by atoms with Gasteiger partial charge in [-0.1, -0.05) is 12.1 Å². The topological polar surface area (TPSA) is 9.23 Å². The lowest BCUT2D eigenvalue weighted by Crippen LogP contribution is -2.00. The Labute approximate surface area is 105 Å². The van der Waals surface area contributed by atoms with E-state index in [9.17, 15) is 0 Å². The van der Waals surface area contributed by atoms with Gasteiger partial charge in [-0.2, -0.15) is 0 Å². The molecule has 0 unspecified atom stereocenters. The summed E-state index contributed by atoms with van der Waals surface area (Å²) < 4.78 is 6.84. The van der Waals surface area contributed by atoms with E-state index in [-0.39, 0.29) is 0 Å². The summed E-state index contributed by atoms with van der Waals surface area (Å²) in [6.45, 7) is 1.55. The maximum atomic E-state index is 5.57. The molecule has 0 N–H and O–H groups in total. The van der Waals surface area contributed by atoms with E-state index in [0.29, 0.717) is 5.88 Å². The van der Waals surface area contributed by atoms with Crippen LogP contribution in [0.4, 0.5) is 0 Å². The van der Waals surface area contributed by atoms with Crippen molar-refractivity contribution in [2.75, 3.05) is 19.1 Å². The zero-order valence-electron chi connectivity index (χ0n) is 9.12. The molecule has 0 bridgehead atoms. The molecule has 0 spiro atoms. The van der Waals surface area contributed by atoms with E-state index in [4.69, 9.17) is 16.3 Å². The molecule has 0 saturated heterocycles. The summed E-state index contributed by atoms with van der Waals surface area (Å²) in [6, 6.07) is 8.78. The average Bonchev–Trinajstić information content (AvgIpc) is 2.76. The van der Waals surface area contributed by atoms with Crippen LogP contribution in [-0.4, -0.2) is 19.1 Å². The fraction of sp³-hybridized carbons (Fsp3) is 0.385. The largest absolute Gasteiger partial charge is 0.381 e. The van der Waals surface area contributed by atoms with E-state index in [1.165, 1.54) is 15.6 Å². The van der Waals surface area contributed by atoms with E-state index in [1.54, 1.807) is 11.3 Å². The number of hydrogen-bond acceptors (Lipinski definition) is 2. The first-order valence-electron chi connectivity index (χ1n) is 5.50. The second kappa shape index (κ2) is 6.24. The number of ether oxygens (including phenoxy) is 1. The SMILES string of the molecule is ClCCCOCCc1ccc2sccc2c1.